The maximum atomic E-state index is 14.4. The quantitative estimate of drug-likeness (QED) is 0.0823. The first-order chi connectivity index (χ1) is 37.5. The highest BCUT2D eigenvalue weighted by molar-refractivity contribution is 8.00. The number of epoxide rings is 1. The lowest BCUT2D eigenvalue weighted by Gasteiger charge is -2.42. The van der Waals surface area contributed by atoms with Crippen molar-refractivity contribution in [2.24, 2.45) is 11.8 Å². The predicted molar refractivity (Wildman–Crippen MR) is 298 cm³/mol. The van der Waals surface area contributed by atoms with E-state index in [0.717, 1.165) is 11.1 Å². The number of likely N-dealkylation sites (N-methyl/N-ethyl adjacent to an activating group) is 1. The number of nitrogens with one attached hydrogen (secondary N) is 1. The van der Waals surface area contributed by atoms with E-state index in [1.165, 1.54) is 59.6 Å². The third-order valence-electron chi connectivity index (χ3n) is 16.1. The molecule has 2 N–H and O–H groups in total. The molecule has 5 aliphatic rings. The molecule has 21 nitrogen and oxygen atoms in total. The van der Waals surface area contributed by atoms with E-state index in [2.05, 4.69) is 5.32 Å². The predicted octanol–water partition coefficient (Wildman–Crippen LogP) is 5.92. The minimum atomic E-state index is -1.89. The molecule has 0 saturated carbocycles. The topological polar surface area (TPSA) is 250 Å². The van der Waals surface area contributed by atoms with Gasteiger partial charge in [0.15, 0.2) is 5.72 Å². The molecule has 10 atom stereocenters. The lowest BCUT2D eigenvalue weighted by molar-refractivity contribution is -0.162. The van der Waals surface area contributed by atoms with Gasteiger partial charge in [-0.05, 0) is 91.8 Å². The summed E-state index contributed by atoms with van der Waals surface area (Å²) >= 11 is 8.01. The van der Waals surface area contributed by atoms with Crippen molar-refractivity contribution >= 4 is 76.6 Å². The number of nitrogens with zero attached hydrogens (tertiary/aromatic N) is 4. The summed E-state index contributed by atoms with van der Waals surface area (Å²) in [6.45, 7) is 17.1. The van der Waals surface area contributed by atoms with E-state index in [0.29, 0.717) is 50.3 Å². The van der Waals surface area contributed by atoms with E-state index in [1.807, 2.05) is 47.6 Å². The summed E-state index contributed by atoms with van der Waals surface area (Å²) in [7, 11) is 5.87. The molecule has 80 heavy (non-hydrogen) atoms. The van der Waals surface area contributed by atoms with Gasteiger partial charge in [0.2, 0.25) is 35.4 Å². The van der Waals surface area contributed by atoms with Gasteiger partial charge < -0.3 is 48.1 Å². The van der Waals surface area contributed by atoms with Gasteiger partial charge in [0.05, 0.1) is 61.5 Å². The number of methoxy groups -OCH3 is 2. The van der Waals surface area contributed by atoms with Crippen molar-refractivity contribution in [1.29, 1.82) is 0 Å². The largest absolute Gasteiger partial charge is 0.495 e. The monoisotopic (exact) mass is 1160 g/mol. The number of alkyl carbamates (subject to hydrolysis) is 1. The SMILES string of the molecule is CCC1CC(=O)N(CCC(C)(C)OCCC(C)(C)OCCN2C(=O)CC(SCCC(=O)N(C)[C@@H](C)C(=O)O[C@H]3CC(=O)N(C)c4cc(cc(OC)c4Cl)C/C(C)=C/C=C/[C@@H](OC)[C@@]4(O)C[C@H](OC(=O)N4)[C@@H](C)[C@@H]4O[C@@]34C)C2=O)C1=O. The highest BCUT2D eigenvalue weighted by atomic mass is 35.5. The number of carbonyl (C=O) groups is 8. The molecular formula is C57H82ClN5O16S. The summed E-state index contributed by atoms with van der Waals surface area (Å²) < 4.78 is 41.8. The van der Waals surface area contributed by atoms with Crippen molar-refractivity contribution in [3.8, 4) is 5.75 Å². The van der Waals surface area contributed by atoms with Gasteiger partial charge in [-0.2, -0.15) is 0 Å². The molecule has 1 aromatic rings. The number of amides is 7. The lowest BCUT2D eigenvalue weighted by atomic mass is 9.83. The van der Waals surface area contributed by atoms with Gasteiger partial charge in [-0.1, -0.05) is 49.2 Å². The zero-order chi connectivity index (χ0) is 59.2. The number of allylic oxidation sites excluding steroid dienone is 3. The average Bonchev–Trinajstić information content (AvgIpc) is 3.91. The Morgan fingerprint density at radius 3 is 2.29 bits per heavy atom. The van der Waals surface area contributed by atoms with Crippen LogP contribution in [0.4, 0.5) is 10.5 Å². The number of benzene rings is 1. The van der Waals surface area contributed by atoms with Crippen LogP contribution in [-0.4, -0.2) is 186 Å². The molecule has 23 heteroatoms. The van der Waals surface area contributed by atoms with Gasteiger partial charge in [-0.25, -0.2) is 9.59 Å². The first-order valence-corrected chi connectivity index (χ1v) is 28.8. The Hall–Kier alpha value is -5.10. The van der Waals surface area contributed by atoms with Gasteiger partial charge >= 0.3 is 12.1 Å². The molecule has 0 spiro atoms. The molecule has 4 saturated heterocycles. The highest BCUT2D eigenvalue weighted by Gasteiger charge is 2.64. The first-order valence-electron chi connectivity index (χ1n) is 27.4. The van der Waals surface area contributed by atoms with Crippen molar-refractivity contribution in [2.45, 2.75) is 178 Å². The Kier molecular flexibility index (Phi) is 21.2. The maximum absolute atomic E-state index is 14.4. The van der Waals surface area contributed by atoms with Crippen molar-refractivity contribution in [3.05, 3.63) is 46.5 Å². The molecule has 6 rings (SSSR count). The summed E-state index contributed by atoms with van der Waals surface area (Å²) in [4.78, 5) is 112. The molecule has 0 radical (unpaired) electrons. The van der Waals surface area contributed by atoms with E-state index in [4.69, 9.17) is 44.8 Å². The zero-order valence-corrected chi connectivity index (χ0v) is 50.1. The normalized spacial score (nSPS) is 29.2. The number of aliphatic hydroxyl groups is 1. The molecule has 0 aliphatic carbocycles. The standard InChI is InChI=1S/C57H82ClN5O16S/c1-14-37-29-46(66)62(50(37)68)21-19-54(5,6)75-23-20-55(7,8)76-24-22-63-47(67)30-41(51(63)69)80-25-18-44(64)60(10)35(4)52(70)78-43-31-45(65)61(11)38-27-36(28-39(73-12)48(38)58)26-33(2)16-15-17-42(74-13)57(72)32-40(77-53(71)59-57)34(3)49-56(43,9)79-49/h15-17,27-28,34-35,37,40-43,49,72H,14,18-26,29-32H2,1-13H3,(H,59,71)/b17-15+,33-16+/t34-,35+,37?,40+,41?,42-,43+,49+,56+,57+/m1/s1. The number of fused-ring (bicyclic) bond motifs is 5. The number of thioether (sulfide) groups is 1. The van der Waals surface area contributed by atoms with Crippen LogP contribution in [0, 0.1) is 11.8 Å². The van der Waals surface area contributed by atoms with Crippen LogP contribution in [0.5, 0.6) is 5.75 Å². The van der Waals surface area contributed by atoms with Gasteiger partial charge in [-0.3, -0.25) is 43.9 Å². The van der Waals surface area contributed by atoms with E-state index in [-0.39, 0.29) is 79.2 Å². The Bertz CT molecular complexity index is 2580. The van der Waals surface area contributed by atoms with E-state index < -0.39 is 94.5 Å². The third-order valence-corrected chi connectivity index (χ3v) is 17.7. The number of carbonyl (C=O) groups excluding carboxylic acids is 8. The second-order valence-electron chi connectivity index (χ2n) is 23.0. The molecule has 0 aromatic heterocycles. The van der Waals surface area contributed by atoms with Crippen LogP contribution >= 0.6 is 23.4 Å². The molecule has 5 heterocycles. The number of ether oxygens (including phenoxy) is 7. The van der Waals surface area contributed by atoms with Crippen LogP contribution in [0.25, 0.3) is 0 Å². The fraction of sp³-hybridized carbons (Fsp3) is 0.684. The Morgan fingerprint density at radius 1 is 0.963 bits per heavy atom. The number of anilines is 1. The van der Waals surface area contributed by atoms with Crippen LogP contribution < -0.4 is 15.0 Å². The Morgan fingerprint density at radius 2 is 1.62 bits per heavy atom. The number of hydrogen-bond acceptors (Lipinski definition) is 17. The maximum Gasteiger partial charge on any atom is 0.409 e. The number of hydrogen-bond donors (Lipinski definition) is 2. The molecule has 4 bridgehead atoms. The first kappa shape index (κ1) is 64.1. The molecule has 4 fully saturated rings. The minimum absolute atomic E-state index is 0.0415. The molecule has 2 unspecified atom stereocenters. The second-order valence-corrected chi connectivity index (χ2v) is 24.7. The summed E-state index contributed by atoms with van der Waals surface area (Å²) in [5, 5.41) is 13.9. The van der Waals surface area contributed by atoms with Gasteiger partial charge in [-0.15, -0.1) is 11.8 Å². The fourth-order valence-electron chi connectivity index (χ4n) is 10.5. The van der Waals surface area contributed by atoms with Crippen molar-refractivity contribution < 1.29 is 76.6 Å². The number of halogens is 1. The van der Waals surface area contributed by atoms with Crippen LogP contribution in [0.15, 0.2) is 35.9 Å². The average molecular weight is 1160 g/mol. The molecule has 7 amide bonds. The van der Waals surface area contributed by atoms with Crippen molar-refractivity contribution in [1.82, 2.24) is 20.0 Å². The van der Waals surface area contributed by atoms with Crippen molar-refractivity contribution in [2.75, 3.05) is 65.3 Å². The van der Waals surface area contributed by atoms with Crippen LogP contribution in [-0.2, 0) is 68.4 Å². The van der Waals surface area contributed by atoms with Gasteiger partial charge in [0, 0.05) is 71.0 Å². The van der Waals surface area contributed by atoms with E-state index >= 15 is 0 Å². The Balaban J connectivity index is 1.04. The molecular weight excluding hydrogens is 1080 g/mol. The Labute approximate surface area is 479 Å². The summed E-state index contributed by atoms with van der Waals surface area (Å²) in [6, 6.07) is 2.38. The van der Waals surface area contributed by atoms with Gasteiger partial charge in [0.1, 0.15) is 40.7 Å². The number of imide groups is 2. The third kappa shape index (κ3) is 15.3. The van der Waals surface area contributed by atoms with Crippen LogP contribution in [0.3, 0.4) is 0 Å². The van der Waals surface area contributed by atoms with Crippen LogP contribution in [0.2, 0.25) is 5.02 Å². The van der Waals surface area contributed by atoms with Crippen molar-refractivity contribution in [3.63, 3.8) is 0 Å². The second kappa shape index (κ2) is 26.4. The smallest absolute Gasteiger partial charge is 0.409 e. The van der Waals surface area contributed by atoms with E-state index in [1.54, 1.807) is 45.2 Å². The van der Waals surface area contributed by atoms with E-state index in [9.17, 15) is 43.5 Å². The molecule has 444 valence electrons. The molecule has 1 aromatic carbocycles. The zero-order valence-electron chi connectivity index (χ0n) is 48.6. The van der Waals surface area contributed by atoms with Crippen LogP contribution in [0.1, 0.15) is 119 Å². The molecule has 5 aliphatic heterocycles. The van der Waals surface area contributed by atoms with Gasteiger partial charge in [0.25, 0.3) is 0 Å². The lowest BCUT2D eigenvalue weighted by Crippen LogP contribution is -2.63. The summed E-state index contributed by atoms with van der Waals surface area (Å²) in [5.41, 5.74) is -2.47. The minimum Gasteiger partial charge on any atom is -0.495 e. The number of rotatable bonds is 21. The summed E-state index contributed by atoms with van der Waals surface area (Å²) in [5.74, 6) is -3.12. The fourth-order valence-corrected chi connectivity index (χ4v) is 11.9. The number of likely N-dealkylation sites (tertiary alicyclic amines) is 2. The highest BCUT2D eigenvalue weighted by Crippen LogP contribution is 2.49. The summed E-state index contributed by atoms with van der Waals surface area (Å²) in [6.07, 6.45) is 2.08. The number of esters is 1.